The number of ether oxygens (including phenoxy) is 1. The molecular formula is C14H31N3O. The zero-order valence-electron chi connectivity index (χ0n) is 12.3. The molecule has 0 amide bonds. The summed E-state index contributed by atoms with van der Waals surface area (Å²) in [5.74, 6) is 0. The largest absolute Gasteiger partial charge is 0.382 e. The fourth-order valence-corrected chi connectivity index (χ4v) is 2.36. The van der Waals surface area contributed by atoms with E-state index in [-0.39, 0.29) is 0 Å². The summed E-state index contributed by atoms with van der Waals surface area (Å²) in [5.41, 5.74) is 0. The van der Waals surface area contributed by atoms with Crippen LogP contribution in [0.2, 0.25) is 0 Å². The molecule has 0 bridgehead atoms. The van der Waals surface area contributed by atoms with E-state index in [1.807, 2.05) is 6.92 Å². The topological polar surface area (TPSA) is 27.7 Å². The van der Waals surface area contributed by atoms with Crippen molar-refractivity contribution in [3.63, 3.8) is 0 Å². The third-order valence-electron chi connectivity index (χ3n) is 3.46. The summed E-state index contributed by atoms with van der Waals surface area (Å²) < 4.78 is 5.31. The van der Waals surface area contributed by atoms with Crippen molar-refractivity contribution >= 4 is 0 Å². The highest BCUT2D eigenvalue weighted by Crippen LogP contribution is 2.01. The first kappa shape index (κ1) is 15.9. The predicted octanol–water partition coefficient (Wildman–Crippen LogP) is 1.03. The maximum Gasteiger partial charge on any atom is 0.0477 e. The SMILES string of the molecule is CCCN1CCN(CCNCCCOCC)CC1. The van der Waals surface area contributed by atoms with Crippen molar-refractivity contribution in [2.45, 2.75) is 26.7 Å². The highest BCUT2D eigenvalue weighted by molar-refractivity contribution is 4.71. The molecule has 0 spiro atoms. The zero-order chi connectivity index (χ0) is 13.1. The van der Waals surface area contributed by atoms with Crippen LogP contribution in [-0.2, 0) is 4.74 Å². The average Bonchev–Trinajstić information content (AvgIpc) is 2.40. The van der Waals surface area contributed by atoms with Crippen molar-refractivity contribution in [1.29, 1.82) is 0 Å². The Hall–Kier alpha value is -0.160. The van der Waals surface area contributed by atoms with E-state index in [4.69, 9.17) is 4.74 Å². The fourth-order valence-electron chi connectivity index (χ4n) is 2.36. The lowest BCUT2D eigenvalue weighted by Crippen LogP contribution is -2.48. The first-order chi connectivity index (χ1) is 8.86. The van der Waals surface area contributed by atoms with E-state index < -0.39 is 0 Å². The summed E-state index contributed by atoms with van der Waals surface area (Å²) in [7, 11) is 0. The number of hydrogen-bond acceptors (Lipinski definition) is 4. The van der Waals surface area contributed by atoms with Crippen LogP contribution in [0.3, 0.4) is 0 Å². The molecule has 4 nitrogen and oxygen atoms in total. The lowest BCUT2D eigenvalue weighted by Gasteiger charge is -2.34. The maximum atomic E-state index is 5.31. The third kappa shape index (κ3) is 7.31. The third-order valence-corrected chi connectivity index (χ3v) is 3.46. The minimum atomic E-state index is 0.835. The van der Waals surface area contributed by atoms with E-state index in [2.05, 4.69) is 22.0 Å². The van der Waals surface area contributed by atoms with Gasteiger partial charge in [0.15, 0.2) is 0 Å². The molecule has 1 aliphatic heterocycles. The number of hydrogen-bond donors (Lipinski definition) is 1. The molecule has 1 aliphatic rings. The highest BCUT2D eigenvalue weighted by Gasteiger charge is 2.14. The van der Waals surface area contributed by atoms with Gasteiger partial charge < -0.3 is 15.0 Å². The molecule has 108 valence electrons. The van der Waals surface area contributed by atoms with E-state index in [0.29, 0.717) is 0 Å². The second kappa shape index (κ2) is 10.7. The quantitative estimate of drug-likeness (QED) is 0.592. The van der Waals surface area contributed by atoms with Crippen molar-refractivity contribution < 1.29 is 4.74 Å². The molecule has 0 aromatic carbocycles. The average molecular weight is 257 g/mol. The van der Waals surface area contributed by atoms with Gasteiger partial charge in [-0.25, -0.2) is 0 Å². The van der Waals surface area contributed by atoms with Gasteiger partial charge in [-0.3, -0.25) is 4.90 Å². The zero-order valence-corrected chi connectivity index (χ0v) is 12.3. The summed E-state index contributed by atoms with van der Waals surface area (Å²) in [6.45, 7) is 15.6. The van der Waals surface area contributed by atoms with Gasteiger partial charge in [0.1, 0.15) is 0 Å². The lowest BCUT2D eigenvalue weighted by atomic mass is 10.3. The van der Waals surface area contributed by atoms with Crippen LogP contribution in [0.5, 0.6) is 0 Å². The molecule has 0 aromatic heterocycles. The molecular weight excluding hydrogens is 226 g/mol. The molecule has 18 heavy (non-hydrogen) atoms. The Morgan fingerprint density at radius 2 is 1.61 bits per heavy atom. The molecule has 1 saturated heterocycles. The van der Waals surface area contributed by atoms with Crippen LogP contribution in [0.15, 0.2) is 0 Å². The molecule has 0 radical (unpaired) electrons. The number of nitrogens with one attached hydrogen (secondary N) is 1. The second-order valence-corrected chi connectivity index (χ2v) is 4.98. The minimum absolute atomic E-state index is 0.835. The first-order valence-corrected chi connectivity index (χ1v) is 7.60. The number of piperazine rings is 1. The van der Waals surface area contributed by atoms with Gasteiger partial charge in [-0.15, -0.1) is 0 Å². The van der Waals surface area contributed by atoms with Gasteiger partial charge in [0.2, 0.25) is 0 Å². The summed E-state index contributed by atoms with van der Waals surface area (Å²) in [5, 5.41) is 3.49. The van der Waals surface area contributed by atoms with Crippen LogP contribution in [0, 0.1) is 0 Å². The van der Waals surface area contributed by atoms with Gasteiger partial charge in [-0.1, -0.05) is 6.92 Å². The Kier molecular flexibility index (Phi) is 9.48. The molecule has 1 rings (SSSR count). The van der Waals surface area contributed by atoms with Crippen molar-refractivity contribution in [2.75, 3.05) is 65.6 Å². The van der Waals surface area contributed by atoms with Gasteiger partial charge >= 0.3 is 0 Å². The standard InChI is InChI=1S/C14H31N3O/c1-3-8-16-10-12-17(13-11-16)9-7-15-6-5-14-18-4-2/h15H,3-14H2,1-2H3. The summed E-state index contributed by atoms with van der Waals surface area (Å²) in [6, 6.07) is 0. The van der Waals surface area contributed by atoms with Gasteiger partial charge in [-0.05, 0) is 32.9 Å². The van der Waals surface area contributed by atoms with Crippen molar-refractivity contribution in [3.8, 4) is 0 Å². The summed E-state index contributed by atoms with van der Waals surface area (Å²) in [6.07, 6.45) is 2.40. The number of nitrogens with zero attached hydrogens (tertiary/aromatic N) is 2. The molecule has 0 aromatic rings. The molecule has 0 aliphatic carbocycles. The van der Waals surface area contributed by atoms with Crippen LogP contribution in [-0.4, -0.2) is 75.4 Å². The summed E-state index contributed by atoms with van der Waals surface area (Å²) >= 11 is 0. The molecule has 4 heteroatoms. The molecule has 1 heterocycles. The smallest absolute Gasteiger partial charge is 0.0477 e. The minimum Gasteiger partial charge on any atom is -0.382 e. The Morgan fingerprint density at radius 3 is 2.22 bits per heavy atom. The normalized spacial score (nSPS) is 18.3. The highest BCUT2D eigenvalue weighted by atomic mass is 16.5. The molecule has 1 N–H and O–H groups in total. The molecule has 1 fully saturated rings. The van der Waals surface area contributed by atoms with Crippen LogP contribution in [0.25, 0.3) is 0 Å². The van der Waals surface area contributed by atoms with Crippen molar-refractivity contribution in [3.05, 3.63) is 0 Å². The van der Waals surface area contributed by atoms with Crippen molar-refractivity contribution in [1.82, 2.24) is 15.1 Å². The second-order valence-electron chi connectivity index (χ2n) is 4.98. The van der Waals surface area contributed by atoms with E-state index >= 15 is 0 Å². The van der Waals surface area contributed by atoms with E-state index in [1.165, 1.54) is 45.7 Å². The molecule has 0 unspecified atom stereocenters. The summed E-state index contributed by atoms with van der Waals surface area (Å²) in [4.78, 5) is 5.15. The van der Waals surface area contributed by atoms with Crippen LogP contribution in [0.4, 0.5) is 0 Å². The Morgan fingerprint density at radius 1 is 0.944 bits per heavy atom. The van der Waals surface area contributed by atoms with Crippen LogP contribution in [0.1, 0.15) is 26.7 Å². The Balaban J connectivity index is 1.88. The fraction of sp³-hybridized carbons (Fsp3) is 1.00. The number of rotatable bonds is 10. The molecule has 0 saturated carbocycles. The Bertz CT molecular complexity index is 182. The van der Waals surface area contributed by atoms with Crippen molar-refractivity contribution in [2.24, 2.45) is 0 Å². The maximum absolute atomic E-state index is 5.31. The van der Waals surface area contributed by atoms with Crippen LogP contribution >= 0.6 is 0 Å². The van der Waals surface area contributed by atoms with Gasteiger partial charge in [0.25, 0.3) is 0 Å². The molecule has 0 atom stereocenters. The van der Waals surface area contributed by atoms with Crippen LogP contribution < -0.4 is 5.32 Å². The van der Waals surface area contributed by atoms with E-state index in [0.717, 1.165) is 32.7 Å². The monoisotopic (exact) mass is 257 g/mol. The Labute approximate surface area is 113 Å². The van der Waals surface area contributed by atoms with Gasteiger partial charge in [-0.2, -0.15) is 0 Å². The van der Waals surface area contributed by atoms with Gasteiger partial charge in [0, 0.05) is 52.5 Å². The van der Waals surface area contributed by atoms with E-state index in [1.54, 1.807) is 0 Å². The lowest BCUT2D eigenvalue weighted by molar-refractivity contribution is 0.131. The van der Waals surface area contributed by atoms with Gasteiger partial charge in [0.05, 0.1) is 0 Å². The van der Waals surface area contributed by atoms with E-state index in [9.17, 15) is 0 Å². The predicted molar refractivity (Wildman–Crippen MR) is 77.2 cm³/mol. The first-order valence-electron chi connectivity index (χ1n) is 7.60.